The third kappa shape index (κ3) is 6.44. The molecule has 8 heteroatoms. The molecule has 2 N–H and O–H groups in total. The van der Waals surface area contributed by atoms with Gasteiger partial charge in [0.25, 0.3) is 11.8 Å². The normalized spacial score (nSPS) is 18.4. The summed E-state index contributed by atoms with van der Waals surface area (Å²) in [6, 6.07) is 20.0. The van der Waals surface area contributed by atoms with E-state index in [1.54, 1.807) is 66.7 Å². The molecule has 1 saturated carbocycles. The van der Waals surface area contributed by atoms with Crippen molar-refractivity contribution in [3.05, 3.63) is 101 Å². The monoisotopic (exact) mass is 568 g/mol. The largest absolute Gasteiger partial charge is 0.478 e. The molecule has 3 aromatic carbocycles. The fraction of sp³-hybridized carbons (Fsp3) is 0.353. The molecule has 3 aromatic rings. The molecule has 5 rings (SSSR count). The summed E-state index contributed by atoms with van der Waals surface area (Å²) in [4.78, 5) is 53.8. The highest BCUT2D eigenvalue weighted by atomic mass is 16.4. The van der Waals surface area contributed by atoms with Gasteiger partial charge in [-0.3, -0.25) is 14.5 Å². The second kappa shape index (κ2) is 13.1. The molecule has 2 aliphatic rings. The minimum atomic E-state index is -1.03. The summed E-state index contributed by atoms with van der Waals surface area (Å²) in [5.41, 5.74) is 2.42. The lowest BCUT2D eigenvalue weighted by atomic mass is 9.85. The molecular formula is C34H36N2O6. The Morgan fingerprint density at radius 1 is 0.810 bits per heavy atom. The summed E-state index contributed by atoms with van der Waals surface area (Å²) < 4.78 is 0. The van der Waals surface area contributed by atoms with Crippen molar-refractivity contribution >= 4 is 29.5 Å². The maximum atomic E-state index is 13.7. The summed E-state index contributed by atoms with van der Waals surface area (Å²) in [6.45, 7) is 0. The van der Waals surface area contributed by atoms with Crippen LogP contribution in [0.4, 0.5) is 10.5 Å². The highest BCUT2D eigenvalue weighted by molar-refractivity contribution is 6.26. The molecule has 0 aromatic heterocycles. The van der Waals surface area contributed by atoms with Crippen LogP contribution in [-0.4, -0.2) is 45.0 Å². The first-order chi connectivity index (χ1) is 20.3. The fourth-order valence-electron chi connectivity index (χ4n) is 6.05. The minimum Gasteiger partial charge on any atom is -0.478 e. The van der Waals surface area contributed by atoms with Gasteiger partial charge in [0.2, 0.25) is 0 Å². The number of nitrogens with zero attached hydrogens (tertiary/aromatic N) is 2. The van der Waals surface area contributed by atoms with Crippen molar-refractivity contribution in [3.8, 4) is 0 Å². The number of amides is 4. The molecule has 1 aliphatic heterocycles. The van der Waals surface area contributed by atoms with Gasteiger partial charge < -0.3 is 10.2 Å². The van der Waals surface area contributed by atoms with Gasteiger partial charge in [-0.05, 0) is 79.1 Å². The van der Waals surface area contributed by atoms with Crippen LogP contribution in [0.1, 0.15) is 89.3 Å². The number of aryl methyl sites for hydroxylation is 1. The van der Waals surface area contributed by atoms with Gasteiger partial charge in [0.1, 0.15) is 6.04 Å². The van der Waals surface area contributed by atoms with Crippen LogP contribution >= 0.6 is 0 Å². The number of anilines is 1. The summed E-state index contributed by atoms with van der Waals surface area (Å²) in [7, 11) is 0. The number of hydrogen-bond donors (Lipinski definition) is 2. The average Bonchev–Trinajstić information content (AvgIpc) is 3.28. The van der Waals surface area contributed by atoms with Crippen LogP contribution in [0, 0.1) is 5.92 Å². The number of hydrogen-bond acceptors (Lipinski definition) is 5. The third-order valence-corrected chi connectivity index (χ3v) is 8.47. The maximum absolute atomic E-state index is 13.7. The van der Waals surface area contributed by atoms with Crippen LogP contribution in [0.2, 0.25) is 0 Å². The molecule has 0 spiro atoms. The number of aromatic carboxylic acids is 1. The van der Waals surface area contributed by atoms with Gasteiger partial charge in [-0.2, -0.15) is 4.90 Å². The van der Waals surface area contributed by atoms with Crippen LogP contribution in [0.5, 0.6) is 0 Å². The Balaban J connectivity index is 1.35. The van der Waals surface area contributed by atoms with E-state index in [2.05, 4.69) is 0 Å². The predicted octanol–water partition coefficient (Wildman–Crippen LogP) is 6.39. The summed E-state index contributed by atoms with van der Waals surface area (Å²) >= 11 is 0. The van der Waals surface area contributed by atoms with Crippen LogP contribution in [0.15, 0.2) is 78.9 Å². The third-order valence-electron chi connectivity index (χ3n) is 8.47. The van der Waals surface area contributed by atoms with E-state index in [0.29, 0.717) is 29.3 Å². The number of carbonyl (C=O) groups excluding carboxylic acids is 3. The molecular weight excluding hydrogens is 532 g/mol. The quantitative estimate of drug-likeness (QED) is 0.216. The molecule has 1 aliphatic carbocycles. The van der Waals surface area contributed by atoms with Gasteiger partial charge in [0, 0.05) is 11.3 Å². The van der Waals surface area contributed by atoms with Crippen LogP contribution in [0.25, 0.3) is 0 Å². The predicted molar refractivity (Wildman–Crippen MR) is 158 cm³/mol. The highest BCUT2D eigenvalue weighted by Gasteiger charge is 2.48. The van der Waals surface area contributed by atoms with Gasteiger partial charge in [-0.1, -0.05) is 74.6 Å². The molecule has 218 valence electrons. The second-order valence-corrected chi connectivity index (χ2v) is 11.2. The molecule has 0 bridgehead atoms. The van der Waals surface area contributed by atoms with Crippen LogP contribution < -0.4 is 4.90 Å². The lowest BCUT2D eigenvalue weighted by molar-refractivity contribution is -0.125. The number of benzene rings is 3. The van der Waals surface area contributed by atoms with Crippen molar-refractivity contribution < 1.29 is 29.4 Å². The van der Waals surface area contributed by atoms with Crippen molar-refractivity contribution in [1.82, 2.24) is 4.90 Å². The number of imide groups is 3. The Hall–Kier alpha value is -4.30. The molecule has 42 heavy (non-hydrogen) atoms. The standard InChI is InChI=1S/C34H36N2O6/c37-30(22-14-23-7-3-1-4-8-23)25-17-19-28(20-18-25)35-29(21-13-24-11-15-27(16-12-24)33(40)41)32(39)36(34(35)42)31(38)26-9-5-2-6-10-26/h2,5-6,9-12,15-20,23,29-30,37H,1,3-4,7-8,13-14,21-22H2,(H,40,41). The SMILES string of the molecule is O=C(O)c1ccc(CCC2C(=O)N(C(=O)c3ccccc3)C(=O)N2c2ccc(C(O)CCC3CCCCC3)cc2)cc1. The topological polar surface area (TPSA) is 115 Å². The summed E-state index contributed by atoms with van der Waals surface area (Å²) in [6.07, 6.45) is 7.93. The zero-order valence-corrected chi connectivity index (χ0v) is 23.5. The van der Waals surface area contributed by atoms with Crippen molar-refractivity contribution in [3.63, 3.8) is 0 Å². The molecule has 2 atom stereocenters. The van der Waals surface area contributed by atoms with E-state index in [4.69, 9.17) is 0 Å². The van der Waals surface area contributed by atoms with E-state index in [0.717, 1.165) is 17.5 Å². The zero-order chi connectivity index (χ0) is 29.6. The summed E-state index contributed by atoms with van der Waals surface area (Å²) in [5.74, 6) is -1.65. The molecule has 8 nitrogen and oxygen atoms in total. The minimum absolute atomic E-state index is 0.160. The van der Waals surface area contributed by atoms with Crippen molar-refractivity contribution in [1.29, 1.82) is 0 Å². The van der Waals surface area contributed by atoms with Crippen molar-refractivity contribution in [2.24, 2.45) is 5.92 Å². The lowest BCUT2D eigenvalue weighted by Gasteiger charge is -2.24. The molecule has 2 unspecified atom stereocenters. The van der Waals surface area contributed by atoms with E-state index in [1.807, 2.05) is 0 Å². The Morgan fingerprint density at radius 3 is 2.12 bits per heavy atom. The molecule has 0 radical (unpaired) electrons. The first kappa shape index (κ1) is 29.2. The Kier molecular flexibility index (Phi) is 9.12. The Bertz CT molecular complexity index is 1410. The highest BCUT2D eigenvalue weighted by Crippen LogP contribution is 2.33. The Labute approximate surface area is 245 Å². The molecule has 4 amide bonds. The van der Waals surface area contributed by atoms with Crippen molar-refractivity contribution in [2.45, 2.75) is 69.9 Å². The first-order valence-electron chi connectivity index (χ1n) is 14.7. The lowest BCUT2D eigenvalue weighted by Crippen LogP contribution is -2.38. The Morgan fingerprint density at radius 2 is 1.48 bits per heavy atom. The fourth-order valence-corrected chi connectivity index (χ4v) is 6.05. The second-order valence-electron chi connectivity index (χ2n) is 11.2. The van der Waals surface area contributed by atoms with Crippen molar-refractivity contribution in [2.75, 3.05) is 4.90 Å². The van der Waals surface area contributed by atoms with Crippen LogP contribution in [0.3, 0.4) is 0 Å². The average molecular weight is 569 g/mol. The van der Waals surface area contributed by atoms with E-state index in [1.165, 1.54) is 49.1 Å². The summed E-state index contributed by atoms with van der Waals surface area (Å²) in [5, 5.41) is 20.0. The number of rotatable bonds is 10. The van der Waals surface area contributed by atoms with Gasteiger partial charge in [-0.15, -0.1) is 0 Å². The van der Waals surface area contributed by atoms with Gasteiger partial charge in [0.15, 0.2) is 0 Å². The molecule has 2 fully saturated rings. The van der Waals surface area contributed by atoms with Gasteiger partial charge in [0.05, 0.1) is 11.7 Å². The number of carbonyl (C=O) groups is 4. The van der Waals surface area contributed by atoms with E-state index < -0.39 is 36.0 Å². The smallest absolute Gasteiger partial charge is 0.339 e. The van der Waals surface area contributed by atoms with Gasteiger partial charge >= 0.3 is 12.0 Å². The van der Waals surface area contributed by atoms with Gasteiger partial charge in [-0.25, -0.2) is 9.59 Å². The number of carboxylic acids is 1. The maximum Gasteiger partial charge on any atom is 0.339 e. The zero-order valence-electron chi connectivity index (χ0n) is 23.5. The first-order valence-corrected chi connectivity index (χ1v) is 14.7. The van der Waals surface area contributed by atoms with E-state index in [9.17, 15) is 29.4 Å². The number of urea groups is 1. The number of aliphatic hydroxyl groups excluding tert-OH is 1. The number of aliphatic hydroxyl groups is 1. The number of carboxylic acid groups (broad SMARTS) is 1. The van der Waals surface area contributed by atoms with E-state index in [-0.39, 0.29) is 17.5 Å². The van der Waals surface area contributed by atoms with E-state index >= 15 is 0 Å². The molecule has 1 heterocycles. The van der Waals surface area contributed by atoms with Crippen LogP contribution in [-0.2, 0) is 11.2 Å². The molecule has 1 saturated heterocycles.